The van der Waals surface area contributed by atoms with E-state index in [1.54, 1.807) is 6.20 Å². The van der Waals surface area contributed by atoms with E-state index >= 15 is 0 Å². The molecule has 0 bridgehead atoms. The van der Waals surface area contributed by atoms with Gasteiger partial charge in [-0.1, -0.05) is 30.3 Å². The lowest BCUT2D eigenvalue weighted by atomic mass is 10.1. The Kier molecular flexibility index (Phi) is 3.50. The molecule has 3 rings (SSSR count). The zero-order valence-corrected chi connectivity index (χ0v) is 11.5. The molecule has 3 nitrogen and oxygen atoms in total. The second-order valence-electron chi connectivity index (χ2n) is 4.78. The molecule has 1 heterocycles. The molecule has 0 unspecified atom stereocenters. The van der Waals surface area contributed by atoms with E-state index in [2.05, 4.69) is 53.7 Å². The average molecular weight is 263 g/mol. The van der Waals surface area contributed by atoms with Crippen molar-refractivity contribution in [2.75, 3.05) is 5.32 Å². The van der Waals surface area contributed by atoms with Crippen molar-refractivity contribution in [2.45, 2.75) is 13.5 Å². The first-order chi connectivity index (χ1) is 9.83. The molecule has 0 aliphatic carbocycles. The SMILES string of the molecule is Cc1ccccc1CNc1cccc(-n2cccn2)c1. The summed E-state index contributed by atoms with van der Waals surface area (Å²) in [5, 5.41) is 7.71. The van der Waals surface area contributed by atoms with Crippen molar-refractivity contribution >= 4 is 5.69 Å². The van der Waals surface area contributed by atoms with E-state index in [9.17, 15) is 0 Å². The summed E-state index contributed by atoms with van der Waals surface area (Å²) >= 11 is 0. The van der Waals surface area contributed by atoms with E-state index in [4.69, 9.17) is 0 Å². The summed E-state index contributed by atoms with van der Waals surface area (Å²) in [4.78, 5) is 0. The van der Waals surface area contributed by atoms with Gasteiger partial charge in [-0.25, -0.2) is 4.68 Å². The molecule has 0 atom stereocenters. The zero-order chi connectivity index (χ0) is 13.8. The summed E-state index contributed by atoms with van der Waals surface area (Å²) in [7, 11) is 0. The number of hydrogen-bond acceptors (Lipinski definition) is 2. The lowest BCUT2D eigenvalue weighted by Gasteiger charge is -2.10. The van der Waals surface area contributed by atoms with Gasteiger partial charge in [0.05, 0.1) is 5.69 Å². The van der Waals surface area contributed by atoms with Crippen LogP contribution in [-0.2, 0) is 6.54 Å². The number of nitrogens with zero attached hydrogens (tertiary/aromatic N) is 2. The van der Waals surface area contributed by atoms with Crippen molar-refractivity contribution < 1.29 is 0 Å². The van der Waals surface area contributed by atoms with Crippen molar-refractivity contribution in [3.8, 4) is 5.69 Å². The minimum Gasteiger partial charge on any atom is -0.381 e. The Bertz CT molecular complexity index is 687. The number of anilines is 1. The Morgan fingerprint density at radius 3 is 2.75 bits per heavy atom. The summed E-state index contributed by atoms with van der Waals surface area (Å²) in [5.41, 5.74) is 4.78. The first-order valence-electron chi connectivity index (χ1n) is 6.71. The second kappa shape index (κ2) is 5.61. The zero-order valence-electron chi connectivity index (χ0n) is 11.5. The fraction of sp³-hybridized carbons (Fsp3) is 0.118. The third-order valence-corrected chi connectivity index (χ3v) is 3.36. The maximum atomic E-state index is 4.25. The van der Waals surface area contributed by atoms with Gasteiger partial charge in [-0.2, -0.15) is 5.10 Å². The first kappa shape index (κ1) is 12.5. The molecule has 0 saturated carbocycles. The van der Waals surface area contributed by atoms with Crippen LogP contribution in [-0.4, -0.2) is 9.78 Å². The molecule has 0 saturated heterocycles. The van der Waals surface area contributed by atoms with Gasteiger partial charge in [0.15, 0.2) is 0 Å². The molecule has 3 aromatic rings. The van der Waals surface area contributed by atoms with Crippen LogP contribution in [0.25, 0.3) is 5.69 Å². The van der Waals surface area contributed by atoms with Gasteiger partial charge in [0.1, 0.15) is 0 Å². The highest BCUT2D eigenvalue weighted by Gasteiger charge is 2.00. The monoisotopic (exact) mass is 263 g/mol. The van der Waals surface area contributed by atoms with Crippen LogP contribution in [0.4, 0.5) is 5.69 Å². The van der Waals surface area contributed by atoms with Gasteiger partial charge in [-0.15, -0.1) is 0 Å². The molecule has 3 heteroatoms. The third-order valence-electron chi connectivity index (χ3n) is 3.36. The Hall–Kier alpha value is -2.55. The van der Waals surface area contributed by atoms with Crippen LogP contribution in [0, 0.1) is 6.92 Å². The van der Waals surface area contributed by atoms with Crippen LogP contribution in [0.15, 0.2) is 67.0 Å². The van der Waals surface area contributed by atoms with Gasteiger partial charge in [0.25, 0.3) is 0 Å². The molecule has 0 radical (unpaired) electrons. The number of hydrogen-bond donors (Lipinski definition) is 1. The Labute approximate surface area is 118 Å². The van der Waals surface area contributed by atoms with Gasteiger partial charge in [-0.3, -0.25) is 0 Å². The summed E-state index contributed by atoms with van der Waals surface area (Å²) in [6.45, 7) is 2.96. The molecule has 1 N–H and O–H groups in total. The van der Waals surface area contributed by atoms with Crippen LogP contribution in [0.5, 0.6) is 0 Å². The average Bonchev–Trinajstić information content (AvgIpc) is 3.01. The molecule has 0 fully saturated rings. The molecule has 0 aliphatic rings. The maximum absolute atomic E-state index is 4.25. The maximum Gasteiger partial charge on any atom is 0.0666 e. The van der Waals surface area contributed by atoms with Crippen molar-refractivity contribution in [3.05, 3.63) is 78.1 Å². The first-order valence-corrected chi connectivity index (χ1v) is 6.71. The normalized spacial score (nSPS) is 10.4. The van der Waals surface area contributed by atoms with Crippen molar-refractivity contribution in [1.82, 2.24) is 9.78 Å². The van der Waals surface area contributed by atoms with E-state index in [1.807, 2.05) is 29.1 Å². The fourth-order valence-corrected chi connectivity index (χ4v) is 2.19. The molecule has 0 spiro atoms. The highest BCUT2D eigenvalue weighted by molar-refractivity contribution is 5.51. The van der Waals surface area contributed by atoms with Crippen LogP contribution in [0.2, 0.25) is 0 Å². The Balaban J connectivity index is 1.75. The van der Waals surface area contributed by atoms with Gasteiger partial charge in [0, 0.05) is 24.6 Å². The van der Waals surface area contributed by atoms with E-state index in [0.29, 0.717) is 0 Å². The molecule has 1 aromatic heterocycles. The standard InChI is InChI=1S/C17H17N3/c1-14-6-2-3-7-15(14)13-18-16-8-4-9-17(12-16)20-11-5-10-19-20/h2-12,18H,13H2,1H3. The molecule has 20 heavy (non-hydrogen) atoms. The Morgan fingerprint density at radius 1 is 1.05 bits per heavy atom. The van der Waals surface area contributed by atoms with Crippen LogP contribution < -0.4 is 5.32 Å². The quantitative estimate of drug-likeness (QED) is 0.776. The van der Waals surface area contributed by atoms with Gasteiger partial charge in [-0.05, 0) is 42.3 Å². The fourth-order valence-electron chi connectivity index (χ4n) is 2.19. The van der Waals surface area contributed by atoms with Crippen LogP contribution in [0.3, 0.4) is 0 Å². The summed E-state index contributed by atoms with van der Waals surface area (Å²) in [5.74, 6) is 0. The van der Waals surface area contributed by atoms with E-state index < -0.39 is 0 Å². The molecular formula is C17H17N3. The predicted molar refractivity (Wildman–Crippen MR) is 82.1 cm³/mol. The largest absolute Gasteiger partial charge is 0.381 e. The lowest BCUT2D eigenvalue weighted by Crippen LogP contribution is -2.02. The topological polar surface area (TPSA) is 29.9 Å². The van der Waals surface area contributed by atoms with Gasteiger partial charge >= 0.3 is 0 Å². The van der Waals surface area contributed by atoms with E-state index in [-0.39, 0.29) is 0 Å². The van der Waals surface area contributed by atoms with Crippen LogP contribution in [0.1, 0.15) is 11.1 Å². The highest BCUT2D eigenvalue weighted by Crippen LogP contribution is 2.16. The predicted octanol–water partition coefficient (Wildman–Crippen LogP) is 3.79. The second-order valence-corrected chi connectivity index (χ2v) is 4.78. The van der Waals surface area contributed by atoms with Gasteiger partial charge in [0.2, 0.25) is 0 Å². The smallest absolute Gasteiger partial charge is 0.0666 e. The molecular weight excluding hydrogens is 246 g/mol. The van der Waals surface area contributed by atoms with Crippen molar-refractivity contribution in [3.63, 3.8) is 0 Å². The van der Waals surface area contributed by atoms with Crippen LogP contribution >= 0.6 is 0 Å². The lowest BCUT2D eigenvalue weighted by molar-refractivity contribution is 0.880. The molecule has 0 aliphatic heterocycles. The third kappa shape index (κ3) is 2.72. The number of aryl methyl sites for hydroxylation is 1. The summed E-state index contributed by atoms with van der Waals surface area (Å²) in [6.07, 6.45) is 3.73. The number of aromatic nitrogens is 2. The van der Waals surface area contributed by atoms with Crippen molar-refractivity contribution in [2.24, 2.45) is 0 Å². The molecule has 100 valence electrons. The van der Waals surface area contributed by atoms with E-state index in [0.717, 1.165) is 17.9 Å². The molecule has 0 amide bonds. The number of nitrogens with one attached hydrogen (secondary N) is 1. The van der Waals surface area contributed by atoms with Gasteiger partial charge < -0.3 is 5.32 Å². The highest BCUT2D eigenvalue weighted by atomic mass is 15.3. The minimum atomic E-state index is 0.829. The summed E-state index contributed by atoms with van der Waals surface area (Å²) in [6, 6.07) is 18.6. The van der Waals surface area contributed by atoms with Crippen molar-refractivity contribution in [1.29, 1.82) is 0 Å². The Morgan fingerprint density at radius 2 is 1.95 bits per heavy atom. The molecule has 2 aromatic carbocycles. The number of benzene rings is 2. The minimum absolute atomic E-state index is 0.829. The summed E-state index contributed by atoms with van der Waals surface area (Å²) < 4.78 is 1.86. The van der Waals surface area contributed by atoms with E-state index in [1.165, 1.54) is 11.1 Å². The number of rotatable bonds is 4.